The Kier molecular flexibility index (Phi) is 9.69. The van der Waals surface area contributed by atoms with E-state index in [-0.39, 0.29) is 22.7 Å². The molecule has 0 saturated carbocycles. The van der Waals surface area contributed by atoms with E-state index in [1.807, 2.05) is 0 Å². The second-order valence-corrected chi connectivity index (χ2v) is 70.4. The van der Waals surface area contributed by atoms with Crippen LogP contribution in [0, 0.1) is 11.8 Å². The third kappa shape index (κ3) is 5.47. The van der Waals surface area contributed by atoms with Gasteiger partial charge >= 0.3 is 355 Å². The monoisotopic (exact) mass is 890 g/mol. The van der Waals surface area contributed by atoms with Crippen molar-refractivity contribution < 1.29 is 14.1 Å². The zero-order valence-corrected chi connectivity index (χ0v) is 39.9. The molecule has 58 heavy (non-hydrogen) atoms. The molecule has 3 atom stereocenters. The van der Waals surface area contributed by atoms with Crippen LogP contribution in [0.25, 0.3) is 51.6 Å². The van der Waals surface area contributed by atoms with Crippen molar-refractivity contribution in [3.63, 3.8) is 0 Å². The Morgan fingerprint density at radius 3 is 1.09 bits per heavy atom. The average Bonchev–Trinajstić information content (AvgIpc) is 3.95. The zero-order valence-electron chi connectivity index (χ0n) is 34.8. The third-order valence-electron chi connectivity index (χ3n) is 14.6. The molecule has 0 fully saturated rings. The SMILES string of the molecule is CC1=Cc2c(-c3ccccc3)cccc2[CH]1[Zr]([Cl])([Cl])([CH]1C(C(C)C)=Cc2c(-c3ccccc3)cccc21)([CH]1C(C(C)C)=Cc2c(-c3ccccc3)cccc21)[SiH](C)C. The predicted octanol–water partition coefficient (Wildman–Crippen LogP) is 16.3. The first-order valence-corrected chi connectivity index (χ1v) is 39.0. The molecule has 0 N–H and O–H groups in total. The van der Waals surface area contributed by atoms with Gasteiger partial charge < -0.3 is 0 Å². The minimum atomic E-state index is -6.38. The van der Waals surface area contributed by atoms with Gasteiger partial charge in [-0.3, -0.25) is 0 Å². The maximum atomic E-state index is 9.96. The summed E-state index contributed by atoms with van der Waals surface area (Å²) in [5.74, 6) is -1.67. The average molecular weight is 893 g/mol. The number of benzene rings is 6. The van der Waals surface area contributed by atoms with E-state index < -0.39 is 20.0 Å². The Bertz CT molecular complexity index is 2560. The number of allylic oxidation sites excluding steroid dienone is 3. The van der Waals surface area contributed by atoms with E-state index in [9.17, 15) is 17.0 Å². The summed E-state index contributed by atoms with van der Waals surface area (Å²) in [6.07, 6.45) is 7.54. The van der Waals surface area contributed by atoms with Gasteiger partial charge in [0.25, 0.3) is 0 Å². The van der Waals surface area contributed by atoms with Crippen LogP contribution < -0.4 is 0 Å². The minimum absolute atomic E-state index is 0.118. The van der Waals surface area contributed by atoms with Gasteiger partial charge in [0, 0.05) is 0 Å². The molecule has 0 saturated heterocycles. The summed E-state index contributed by atoms with van der Waals surface area (Å²) in [5.41, 5.74) is 19.4. The van der Waals surface area contributed by atoms with Crippen molar-refractivity contribution in [1.82, 2.24) is 0 Å². The first kappa shape index (κ1) is 39.7. The number of hydrogen-bond donors (Lipinski definition) is 0. The van der Waals surface area contributed by atoms with Crippen LogP contribution >= 0.6 is 17.0 Å². The summed E-state index contributed by atoms with van der Waals surface area (Å²) in [6, 6.07) is 53.6. The molecule has 0 aliphatic heterocycles. The van der Waals surface area contributed by atoms with Gasteiger partial charge in [-0.2, -0.15) is 0 Å². The van der Waals surface area contributed by atoms with Crippen LogP contribution in [-0.2, 0) is 14.1 Å². The van der Waals surface area contributed by atoms with E-state index in [1.54, 1.807) is 0 Å². The molecular formula is C54H54Cl2SiZr. The standard InChI is InChI=1S/2C18H17.C16H13.C2H7Si.2ClH.Zr/c2*1-13(2)16-11-15-9-6-10-17(18(15)12-16)14-7-4-3-5-8-14;1-12-10-14-8-5-9-15(16(14)11-12)13-6-3-2-4-7-13;1-3-2;;;/h2*3-13H,1-2H3;2-11H,1H3;3H,1-2H3;2*1H;/q;;;;;;+2/p-2. The first-order valence-electron chi connectivity index (χ1n) is 21.3. The number of halogens is 2. The summed E-state index contributed by atoms with van der Waals surface area (Å²) in [5, 5.41) is 0. The molecule has 4 heteroatoms. The summed E-state index contributed by atoms with van der Waals surface area (Å²) >= 11 is -6.38. The molecule has 292 valence electrons. The second kappa shape index (κ2) is 14.2. The summed E-state index contributed by atoms with van der Waals surface area (Å²) in [7, 11) is 19.9. The van der Waals surface area contributed by atoms with Crippen molar-refractivity contribution >= 4 is 41.2 Å². The van der Waals surface area contributed by atoms with Crippen molar-refractivity contribution in [2.24, 2.45) is 11.8 Å². The summed E-state index contributed by atoms with van der Waals surface area (Å²) < 4.78 is -0.354. The predicted molar refractivity (Wildman–Crippen MR) is 254 cm³/mol. The molecule has 9 rings (SSSR count). The van der Waals surface area contributed by atoms with Crippen molar-refractivity contribution in [3.8, 4) is 33.4 Å². The zero-order chi connectivity index (χ0) is 40.6. The van der Waals surface area contributed by atoms with Crippen molar-refractivity contribution in [2.75, 3.05) is 0 Å². The fourth-order valence-corrected chi connectivity index (χ4v) is 64.2. The topological polar surface area (TPSA) is 0 Å². The van der Waals surface area contributed by atoms with Gasteiger partial charge in [0.05, 0.1) is 0 Å². The quantitative estimate of drug-likeness (QED) is 0.127. The third-order valence-corrected chi connectivity index (χ3v) is 83.5. The molecule has 3 aliphatic rings. The van der Waals surface area contributed by atoms with Gasteiger partial charge in [-0.1, -0.05) is 0 Å². The molecule has 3 unspecified atom stereocenters. The van der Waals surface area contributed by atoms with Crippen molar-refractivity contribution in [2.45, 2.75) is 58.6 Å². The Balaban J connectivity index is 1.45. The van der Waals surface area contributed by atoms with E-state index in [0.717, 1.165) is 0 Å². The number of rotatable bonds is 9. The van der Waals surface area contributed by atoms with Crippen LogP contribution in [0.3, 0.4) is 0 Å². The molecule has 0 amide bonds. The van der Waals surface area contributed by atoms with Gasteiger partial charge in [0.15, 0.2) is 0 Å². The van der Waals surface area contributed by atoms with Gasteiger partial charge in [0.1, 0.15) is 0 Å². The molecule has 0 nitrogen and oxygen atoms in total. The van der Waals surface area contributed by atoms with Crippen LogP contribution in [0.4, 0.5) is 0 Å². The van der Waals surface area contributed by atoms with E-state index >= 15 is 0 Å². The molecule has 0 aromatic heterocycles. The summed E-state index contributed by atoms with van der Waals surface area (Å²) in [6.45, 7) is 16.9. The molecular weight excluding hydrogens is 839 g/mol. The van der Waals surface area contributed by atoms with Crippen LogP contribution in [0.5, 0.6) is 0 Å². The van der Waals surface area contributed by atoms with E-state index in [4.69, 9.17) is 0 Å². The van der Waals surface area contributed by atoms with Crippen molar-refractivity contribution in [3.05, 3.63) is 196 Å². The van der Waals surface area contributed by atoms with Gasteiger partial charge in [-0.25, -0.2) is 0 Å². The summed E-state index contributed by atoms with van der Waals surface area (Å²) in [4.78, 5) is 0. The van der Waals surface area contributed by atoms with Crippen LogP contribution in [0.2, 0.25) is 13.1 Å². The molecule has 0 heterocycles. The van der Waals surface area contributed by atoms with Gasteiger partial charge in [-0.05, 0) is 0 Å². The van der Waals surface area contributed by atoms with Crippen LogP contribution in [0.1, 0.15) is 78.9 Å². The van der Waals surface area contributed by atoms with E-state index in [0.29, 0.717) is 0 Å². The molecule has 6 aromatic carbocycles. The molecule has 0 radical (unpaired) electrons. The first-order chi connectivity index (χ1) is 27.8. The number of fused-ring (bicyclic) bond motifs is 3. The maximum absolute atomic E-state index is 9.96. The number of hydrogen-bond acceptors (Lipinski definition) is 0. The van der Waals surface area contributed by atoms with Crippen molar-refractivity contribution in [1.29, 1.82) is 0 Å². The van der Waals surface area contributed by atoms with Gasteiger partial charge in [0.2, 0.25) is 0 Å². The Morgan fingerprint density at radius 1 is 0.431 bits per heavy atom. The normalized spacial score (nSPS) is 19.7. The molecule has 0 spiro atoms. The van der Waals surface area contributed by atoms with Crippen LogP contribution in [-0.4, -0.2) is 5.92 Å². The Hall–Kier alpha value is -3.78. The second-order valence-electron chi connectivity index (χ2n) is 18.4. The van der Waals surface area contributed by atoms with Crippen LogP contribution in [0.15, 0.2) is 162 Å². The van der Waals surface area contributed by atoms with E-state index in [2.05, 4.69) is 212 Å². The Labute approximate surface area is 351 Å². The fourth-order valence-electron chi connectivity index (χ4n) is 12.1. The molecule has 0 bridgehead atoms. The fraction of sp³-hybridized carbons (Fsp3) is 0.222. The molecule has 3 aliphatic carbocycles. The van der Waals surface area contributed by atoms with Gasteiger partial charge in [-0.15, -0.1) is 0 Å². The van der Waals surface area contributed by atoms with E-state index in [1.165, 1.54) is 83.5 Å². The Morgan fingerprint density at radius 2 is 0.759 bits per heavy atom. The molecule has 6 aromatic rings.